The average Bonchev–Trinajstić information content (AvgIpc) is 2.12. The van der Waals surface area contributed by atoms with Crippen molar-refractivity contribution in [1.82, 2.24) is 5.32 Å². The van der Waals surface area contributed by atoms with Crippen LogP contribution in [0.15, 0.2) is 0 Å². The number of carboxylic acids is 1. The number of nitrogens with two attached hydrogens (primary N) is 1. The Labute approximate surface area is 98.1 Å². The van der Waals surface area contributed by atoms with Crippen LogP contribution in [0.2, 0.25) is 0 Å². The van der Waals surface area contributed by atoms with Gasteiger partial charge in [0.2, 0.25) is 11.8 Å². The Hall–Kier alpha value is -1.64. The number of carboxylic acid groups (broad SMARTS) is 1. The van der Waals surface area contributed by atoms with E-state index in [0.717, 1.165) is 6.92 Å². The highest BCUT2D eigenvalue weighted by Crippen LogP contribution is 1.98. The zero-order valence-corrected chi connectivity index (χ0v) is 9.99. The minimum absolute atomic E-state index is 0.380. The number of hydrogen-bond acceptors (Lipinski definition) is 5. The van der Waals surface area contributed by atoms with Gasteiger partial charge in [-0.05, 0) is 0 Å². The lowest BCUT2D eigenvalue weighted by molar-refractivity contribution is -0.140. The lowest BCUT2D eigenvalue weighted by atomic mass is 10.3. The van der Waals surface area contributed by atoms with Crippen molar-refractivity contribution in [3.8, 4) is 0 Å². The third-order valence-corrected chi connectivity index (χ3v) is 3.42. The van der Waals surface area contributed by atoms with E-state index < -0.39 is 45.2 Å². The topological polar surface area (TPSA) is 144 Å². The summed E-state index contributed by atoms with van der Waals surface area (Å²) in [5.74, 6) is -4.20. The molecule has 17 heavy (non-hydrogen) atoms. The molecule has 4 N–H and O–H groups in total. The van der Waals surface area contributed by atoms with Gasteiger partial charge in [0.15, 0.2) is 9.84 Å². The molecule has 98 valence electrons. The summed E-state index contributed by atoms with van der Waals surface area (Å²) in [7, 11) is -3.76. The smallest absolute Gasteiger partial charge is 0.327 e. The number of amides is 2. The molecule has 2 amide bonds. The summed E-state index contributed by atoms with van der Waals surface area (Å²) in [5, 5.41) is 10.7. The molecule has 0 aromatic rings. The summed E-state index contributed by atoms with van der Waals surface area (Å²) >= 11 is 0. The maximum absolute atomic E-state index is 11.4. The van der Waals surface area contributed by atoms with Gasteiger partial charge in [0.1, 0.15) is 6.04 Å². The van der Waals surface area contributed by atoms with Crippen LogP contribution in [0.1, 0.15) is 13.3 Å². The van der Waals surface area contributed by atoms with Crippen molar-refractivity contribution < 1.29 is 27.9 Å². The van der Waals surface area contributed by atoms with Crippen molar-refractivity contribution in [2.24, 2.45) is 5.73 Å². The minimum atomic E-state index is -3.76. The molecule has 0 unspecified atom stereocenters. The number of aliphatic carboxylic acids is 1. The number of sulfone groups is 1. The van der Waals surface area contributed by atoms with Crippen LogP contribution < -0.4 is 11.1 Å². The Morgan fingerprint density at radius 2 is 1.88 bits per heavy atom. The largest absolute Gasteiger partial charge is 0.480 e. The third kappa shape index (κ3) is 7.28. The molecule has 0 radical (unpaired) electrons. The highest BCUT2D eigenvalue weighted by Gasteiger charge is 2.26. The number of rotatable bonds is 7. The predicted octanol–water partition coefficient (Wildman–Crippen LogP) is -2.13. The first-order valence-corrected chi connectivity index (χ1v) is 6.45. The van der Waals surface area contributed by atoms with E-state index >= 15 is 0 Å². The van der Waals surface area contributed by atoms with Gasteiger partial charge in [-0.1, -0.05) is 0 Å². The van der Waals surface area contributed by atoms with E-state index in [0.29, 0.717) is 0 Å². The summed E-state index contributed by atoms with van der Waals surface area (Å²) < 4.78 is 22.8. The first kappa shape index (κ1) is 15.4. The molecular formula is C8H14N2O6S. The molecule has 0 fully saturated rings. The Bertz CT molecular complexity index is 416. The van der Waals surface area contributed by atoms with Crippen molar-refractivity contribution in [1.29, 1.82) is 0 Å². The number of hydrogen-bond donors (Lipinski definition) is 3. The van der Waals surface area contributed by atoms with Crippen LogP contribution >= 0.6 is 0 Å². The zero-order valence-electron chi connectivity index (χ0n) is 9.17. The lowest BCUT2D eigenvalue weighted by Gasteiger charge is -2.13. The van der Waals surface area contributed by atoms with E-state index in [1.54, 1.807) is 0 Å². The quantitative estimate of drug-likeness (QED) is 0.480. The molecule has 0 rings (SSSR count). The molecule has 9 heteroatoms. The van der Waals surface area contributed by atoms with Crippen LogP contribution in [-0.2, 0) is 24.2 Å². The molecule has 0 aliphatic heterocycles. The number of carbonyl (C=O) groups excluding carboxylic acids is 2. The monoisotopic (exact) mass is 266 g/mol. The van der Waals surface area contributed by atoms with Gasteiger partial charge in [-0.25, -0.2) is 13.2 Å². The van der Waals surface area contributed by atoms with E-state index in [1.807, 2.05) is 5.32 Å². The molecule has 1 atom stereocenters. The van der Waals surface area contributed by atoms with Crippen LogP contribution in [0, 0.1) is 0 Å². The number of carbonyl (C=O) groups is 3. The van der Waals surface area contributed by atoms with Crippen molar-refractivity contribution in [3.05, 3.63) is 0 Å². The van der Waals surface area contributed by atoms with Crippen LogP contribution in [0.25, 0.3) is 0 Å². The molecule has 0 saturated heterocycles. The summed E-state index contributed by atoms with van der Waals surface area (Å²) in [6, 6.07) is -1.52. The van der Waals surface area contributed by atoms with E-state index in [9.17, 15) is 22.8 Å². The highest BCUT2D eigenvalue weighted by atomic mass is 32.2. The second-order valence-corrected chi connectivity index (χ2v) is 5.65. The van der Waals surface area contributed by atoms with Gasteiger partial charge in [0.05, 0.1) is 11.5 Å². The molecule has 0 saturated carbocycles. The molecule has 0 heterocycles. The Morgan fingerprint density at radius 1 is 1.35 bits per heavy atom. The van der Waals surface area contributed by atoms with Crippen molar-refractivity contribution in [2.75, 3.05) is 11.5 Å². The second kappa shape index (κ2) is 6.18. The molecule has 0 aromatic carbocycles. The van der Waals surface area contributed by atoms with Crippen molar-refractivity contribution in [3.63, 3.8) is 0 Å². The molecule has 0 aromatic heterocycles. The Morgan fingerprint density at radius 3 is 2.24 bits per heavy atom. The maximum atomic E-state index is 11.4. The zero-order chi connectivity index (χ0) is 13.6. The first-order chi connectivity index (χ1) is 7.64. The Balaban J connectivity index is 4.58. The van der Waals surface area contributed by atoms with E-state index in [1.165, 1.54) is 0 Å². The van der Waals surface area contributed by atoms with Gasteiger partial charge in [-0.3, -0.25) is 9.59 Å². The van der Waals surface area contributed by atoms with Gasteiger partial charge >= 0.3 is 5.97 Å². The molecular weight excluding hydrogens is 252 g/mol. The Kier molecular flexibility index (Phi) is 5.59. The first-order valence-electron chi connectivity index (χ1n) is 4.62. The number of primary amides is 1. The predicted molar refractivity (Wildman–Crippen MR) is 57.7 cm³/mol. The van der Waals surface area contributed by atoms with Crippen LogP contribution in [0.5, 0.6) is 0 Å². The van der Waals surface area contributed by atoms with Gasteiger partial charge in [-0.15, -0.1) is 0 Å². The molecule has 0 spiro atoms. The molecule has 0 bridgehead atoms. The SMILES string of the molecule is CC(=O)N[C@@H](CS(=O)(=O)CCC(N)=O)C(=O)O. The molecule has 8 nitrogen and oxygen atoms in total. The fourth-order valence-corrected chi connectivity index (χ4v) is 2.43. The maximum Gasteiger partial charge on any atom is 0.327 e. The lowest BCUT2D eigenvalue weighted by Crippen LogP contribution is -2.45. The van der Waals surface area contributed by atoms with Crippen LogP contribution in [-0.4, -0.2) is 48.9 Å². The van der Waals surface area contributed by atoms with Gasteiger partial charge < -0.3 is 16.2 Å². The summed E-state index contributed by atoms with van der Waals surface area (Å²) in [5.41, 5.74) is 4.78. The van der Waals surface area contributed by atoms with E-state index in [2.05, 4.69) is 0 Å². The van der Waals surface area contributed by atoms with Crippen LogP contribution in [0.3, 0.4) is 0 Å². The highest BCUT2D eigenvalue weighted by molar-refractivity contribution is 7.91. The molecule has 0 aliphatic rings. The van der Waals surface area contributed by atoms with Gasteiger partial charge in [0.25, 0.3) is 0 Å². The standard InChI is InChI=1S/C8H14N2O6S/c1-5(11)10-6(8(13)14)4-17(15,16)3-2-7(9)12/h6H,2-4H2,1H3,(H2,9,12)(H,10,11)(H,13,14)/t6-/m0/s1. The molecule has 0 aliphatic carbocycles. The number of nitrogens with one attached hydrogen (secondary N) is 1. The fourth-order valence-electron chi connectivity index (χ4n) is 1.01. The minimum Gasteiger partial charge on any atom is -0.480 e. The van der Waals surface area contributed by atoms with E-state index in [4.69, 9.17) is 10.8 Å². The third-order valence-electron chi connectivity index (χ3n) is 1.76. The summed E-state index contributed by atoms with van der Waals surface area (Å²) in [6.45, 7) is 1.08. The van der Waals surface area contributed by atoms with Gasteiger partial charge in [-0.2, -0.15) is 0 Å². The van der Waals surface area contributed by atoms with Crippen molar-refractivity contribution in [2.45, 2.75) is 19.4 Å². The normalized spacial score (nSPS) is 12.8. The average molecular weight is 266 g/mol. The fraction of sp³-hybridized carbons (Fsp3) is 0.625. The second-order valence-electron chi connectivity index (χ2n) is 3.42. The summed E-state index contributed by atoms with van der Waals surface area (Å²) in [4.78, 5) is 31.8. The van der Waals surface area contributed by atoms with Gasteiger partial charge in [0, 0.05) is 13.3 Å². The summed E-state index contributed by atoms with van der Waals surface area (Å²) in [6.07, 6.45) is -0.380. The van der Waals surface area contributed by atoms with Crippen LogP contribution in [0.4, 0.5) is 0 Å². The van der Waals surface area contributed by atoms with Crippen molar-refractivity contribution >= 4 is 27.6 Å². The van der Waals surface area contributed by atoms with E-state index in [-0.39, 0.29) is 6.42 Å².